The van der Waals surface area contributed by atoms with Crippen molar-refractivity contribution in [1.82, 2.24) is 0 Å². The molecule has 0 unspecified atom stereocenters. The van der Waals surface area contributed by atoms with Crippen LogP contribution in [0.2, 0.25) is 0 Å². The average molecular weight is 163 g/mol. The van der Waals surface area contributed by atoms with Crippen molar-refractivity contribution in [3.8, 4) is 5.75 Å². The van der Waals surface area contributed by atoms with Crippen molar-refractivity contribution in [2.45, 2.75) is 32.6 Å². The van der Waals surface area contributed by atoms with Crippen molar-refractivity contribution in [2.24, 2.45) is 0 Å². The molecule has 0 aromatic heterocycles. The molecule has 1 nitrogen and oxygen atoms in total. The topological polar surface area (TPSA) is 20.2 Å². The molecule has 12 heavy (non-hydrogen) atoms. The molecule has 1 N–H and O–H groups in total. The highest BCUT2D eigenvalue weighted by Gasteiger charge is 2.10. The van der Waals surface area contributed by atoms with Gasteiger partial charge in [0.05, 0.1) is 0 Å². The zero-order valence-electron chi connectivity index (χ0n) is 7.67. The smallest absolute Gasteiger partial charge is 0.119 e. The van der Waals surface area contributed by atoms with E-state index in [0.29, 0.717) is 11.7 Å². The first-order valence-corrected chi connectivity index (χ1v) is 4.49. The van der Waals surface area contributed by atoms with Gasteiger partial charge in [-0.05, 0) is 30.9 Å². The number of hydrogen-bond donors (Lipinski definition) is 1. The van der Waals surface area contributed by atoms with Gasteiger partial charge in [0.1, 0.15) is 5.75 Å². The second-order valence-corrected chi connectivity index (χ2v) is 2.98. The molecule has 1 aromatic carbocycles. The highest BCUT2D eigenvalue weighted by Crippen LogP contribution is 2.29. The number of rotatable bonds is 3. The maximum atomic E-state index is 9.51. The Morgan fingerprint density at radius 2 is 2.08 bits per heavy atom. The summed E-state index contributed by atoms with van der Waals surface area (Å²) in [5.41, 5.74) is 0.961. The number of aromatic hydroxyl groups is 1. The predicted molar refractivity (Wildman–Crippen MR) is 50.3 cm³/mol. The lowest BCUT2D eigenvalue weighted by Gasteiger charge is -2.13. The molecule has 0 amide bonds. The minimum absolute atomic E-state index is 0.381. The van der Waals surface area contributed by atoms with E-state index in [1.165, 1.54) is 0 Å². The normalized spacial score (nSPS) is 10.6. The molecule has 0 saturated carbocycles. The van der Waals surface area contributed by atoms with E-state index in [1.54, 1.807) is 12.1 Å². The first kappa shape index (κ1) is 9.11. The lowest BCUT2D eigenvalue weighted by atomic mass is 9.93. The minimum Gasteiger partial charge on any atom is -0.508 e. The molecule has 1 aromatic rings. The van der Waals surface area contributed by atoms with Gasteiger partial charge in [-0.25, -0.2) is 0 Å². The van der Waals surface area contributed by atoms with Crippen LogP contribution in [-0.2, 0) is 0 Å². The first-order valence-electron chi connectivity index (χ1n) is 4.49. The van der Waals surface area contributed by atoms with Crippen LogP contribution in [0.25, 0.3) is 0 Å². The largest absolute Gasteiger partial charge is 0.508 e. The predicted octanol–water partition coefficient (Wildman–Crippen LogP) is 3.10. The van der Waals surface area contributed by atoms with E-state index in [0.717, 1.165) is 18.4 Å². The molecule has 0 aliphatic heterocycles. The van der Waals surface area contributed by atoms with Gasteiger partial charge in [0, 0.05) is 5.56 Å². The van der Waals surface area contributed by atoms with Gasteiger partial charge in [-0.15, -0.1) is 0 Å². The summed E-state index contributed by atoms with van der Waals surface area (Å²) in [7, 11) is 0. The Balaban J connectivity index is 2.92. The number of phenolic OH excluding ortho intramolecular Hbond substituents is 1. The Hall–Kier alpha value is -0.980. The number of benzene rings is 1. The van der Waals surface area contributed by atoms with Gasteiger partial charge >= 0.3 is 0 Å². The zero-order chi connectivity index (χ0) is 8.97. The highest BCUT2D eigenvalue weighted by molar-refractivity contribution is 5.33. The zero-order valence-corrected chi connectivity index (χ0v) is 7.67. The molecule has 0 atom stereocenters. The van der Waals surface area contributed by atoms with Crippen molar-refractivity contribution >= 4 is 0 Å². The summed E-state index contributed by atoms with van der Waals surface area (Å²) in [4.78, 5) is 0. The van der Waals surface area contributed by atoms with Crippen molar-refractivity contribution in [2.75, 3.05) is 0 Å². The summed E-state index contributed by atoms with van der Waals surface area (Å²) in [5.74, 6) is 0.831. The molecule has 65 valence electrons. The van der Waals surface area contributed by atoms with Crippen molar-refractivity contribution in [3.05, 3.63) is 29.8 Å². The van der Waals surface area contributed by atoms with Crippen LogP contribution in [0.3, 0.4) is 0 Å². The lowest BCUT2D eigenvalue weighted by Crippen LogP contribution is -1.95. The van der Waals surface area contributed by atoms with Crippen LogP contribution in [0.15, 0.2) is 18.2 Å². The van der Waals surface area contributed by atoms with E-state index >= 15 is 0 Å². The lowest BCUT2D eigenvalue weighted by molar-refractivity contribution is 0.457. The number of phenols is 1. The maximum Gasteiger partial charge on any atom is 0.119 e. The van der Waals surface area contributed by atoms with E-state index in [9.17, 15) is 5.11 Å². The van der Waals surface area contributed by atoms with Gasteiger partial charge in [-0.1, -0.05) is 26.0 Å². The standard InChI is InChI=1S/C11H15O/c1-3-9(4-2)10-7-5-6-8-11(10)12/h5-6,8-9,12H,3-4H2,1-2H3. The van der Waals surface area contributed by atoms with Gasteiger partial charge in [0.15, 0.2) is 0 Å². The van der Waals surface area contributed by atoms with Crippen LogP contribution in [-0.4, -0.2) is 5.11 Å². The van der Waals surface area contributed by atoms with Crippen LogP contribution in [0.5, 0.6) is 5.75 Å². The van der Waals surface area contributed by atoms with Gasteiger partial charge in [-0.2, -0.15) is 0 Å². The molecular weight excluding hydrogens is 148 g/mol. The second kappa shape index (κ2) is 4.15. The Morgan fingerprint density at radius 3 is 2.58 bits per heavy atom. The van der Waals surface area contributed by atoms with Gasteiger partial charge in [0.2, 0.25) is 0 Å². The monoisotopic (exact) mass is 163 g/mol. The molecule has 0 bridgehead atoms. The van der Waals surface area contributed by atoms with Crippen LogP contribution in [0.4, 0.5) is 0 Å². The van der Waals surface area contributed by atoms with Crippen LogP contribution in [0, 0.1) is 6.07 Å². The quantitative estimate of drug-likeness (QED) is 0.726. The van der Waals surface area contributed by atoms with E-state index in [4.69, 9.17) is 0 Å². The van der Waals surface area contributed by atoms with E-state index in [1.807, 2.05) is 6.07 Å². The third kappa shape index (κ3) is 1.79. The SMILES string of the molecule is CCC(CC)c1[c]cccc1O. The van der Waals surface area contributed by atoms with Crippen molar-refractivity contribution < 1.29 is 5.11 Å². The highest BCUT2D eigenvalue weighted by atomic mass is 16.3. The summed E-state index contributed by atoms with van der Waals surface area (Å²) in [6.45, 7) is 4.27. The van der Waals surface area contributed by atoms with Crippen LogP contribution >= 0.6 is 0 Å². The molecule has 1 heteroatoms. The van der Waals surface area contributed by atoms with Crippen molar-refractivity contribution in [3.63, 3.8) is 0 Å². The summed E-state index contributed by atoms with van der Waals surface area (Å²) < 4.78 is 0. The molecule has 0 fully saturated rings. The van der Waals surface area contributed by atoms with Gasteiger partial charge in [-0.3, -0.25) is 0 Å². The third-order valence-corrected chi connectivity index (χ3v) is 2.26. The number of hydrogen-bond acceptors (Lipinski definition) is 1. The fourth-order valence-corrected chi connectivity index (χ4v) is 1.46. The minimum atomic E-state index is 0.381. The van der Waals surface area contributed by atoms with Gasteiger partial charge < -0.3 is 5.11 Å². The molecule has 1 rings (SSSR count). The maximum absolute atomic E-state index is 9.51. The molecule has 0 aliphatic rings. The molecular formula is C11H15O. The fraction of sp³-hybridized carbons (Fsp3) is 0.455. The summed E-state index contributed by atoms with van der Waals surface area (Å²) >= 11 is 0. The van der Waals surface area contributed by atoms with E-state index in [2.05, 4.69) is 19.9 Å². The Labute approximate surface area is 74.1 Å². The summed E-state index contributed by atoms with van der Waals surface area (Å²) in [6.07, 6.45) is 2.12. The van der Waals surface area contributed by atoms with Gasteiger partial charge in [0.25, 0.3) is 0 Å². The molecule has 0 heterocycles. The van der Waals surface area contributed by atoms with Crippen molar-refractivity contribution in [1.29, 1.82) is 0 Å². The Morgan fingerprint density at radius 1 is 1.42 bits per heavy atom. The second-order valence-electron chi connectivity index (χ2n) is 2.98. The summed E-state index contributed by atoms with van der Waals surface area (Å²) in [6, 6.07) is 8.48. The fourth-order valence-electron chi connectivity index (χ4n) is 1.46. The molecule has 0 spiro atoms. The van der Waals surface area contributed by atoms with E-state index < -0.39 is 0 Å². The van der Waals surface area contributed by atoms with E-state index in [-0.39, 0.29) is 0 Å². The average Bonchev–Trinajstić information content (AvgIpc) is 2.10. The van der Waals surface area contributed by atoms with Crippen LogP contribution in [0.1, 0.15) is 38.2 Å². The molecule has 1 radical (unpaired) electrons. The van der Waals surface area contributed by atoms with Crippen LogP contribution < -0.4 is 0 Å². The molecule has 0 aliphatic carbocycles. The first-order chi connectivity index (χ1) is 5.79. The Kier molecular flexibility index (Phi) is 3.15. The Bertz CT molecular complexity index is 239. The molecule has 0 saturated heterocycles. The third-order valence-electron chi connectivity index (χ3n) is 2.26. The summed E-state index contributed by atoms with van der Waals surface area (Å²) in [5, 5.41) is 9.51.